The molecule has 0 bridgehead atoms. The molecule has 0 saturated carbocycles. The van der Waals surface area contributed by atoms with Crippen LogP contribution >= 0.6 is 0 Å². The van der Waals surface area contributed by atoms with Gasteiger partial charge in [-0.05, 0) is 44.5 Å². The maximum atomic E-state index is 12.4. The van der Waals surface area contributed by atoms with Crippen LogP contribution < -0.4 is 20.1 Å². The van der Waals surface area contributed by atoms with Crippen LogP contribution in [0.15, 0.2) is 18.2 Å². The van der Waals surface area contributed by atoms with E-state index in [2.05, 4.69) is 10.6 Å². The third-order valence-corrected chi connectivity index (χ3v) is 3.56. The first-order chi connectivity index (χ1) is 9.74. The van der Waals surface area contributed by atoms with Crippen molar-refractivity contribution in [2.24, 2.45) is 0 Å². The average Bonchev–Trinajstić information content (AvgIpc) is 2.75. The van der Waals surface area contributed by atoms with Crippen molar-refractivity contribution in [2.75, 3.05) is 27.3 Å². The Labute approximate surface area is 119 Å². The second-order valence-corrected chi connectivity index (χ2v) is 4.92. The molecule has 20 heavy (non-hydrogen) atoms. The molecule has 1 heterocycles. The highest BCUT2D eigenvalue weighted by molar-refractivity contribution is 5.97. The van der Waals surface area contributed by atoms with Crippen LogP contribution in [0.5, 0.6) is 11.5 Å². The van der Waals surface area contributed by atoms with Crippen molar-refractivity contribution < 1.29 is 14.3 Å². The summed E-state index contributed by atoms with van der Waals surface area (Å²) < 4.78 is 10.4. The van der Waals surface area contributed by atoms with Gasteiger partial charge in [0.2, 0.25) is 0 Å². The average molecular weight is 278 g/mol. The first kappa shape index (κ1) is 14.7. The lowest BCUT2D eigenvalue weighted by atomic mass is 10.1. The minimum atomic E-state index is -0.0867. The fourth-order valence-corrected chi connectivity index (χ4v) is 2.41. The van der Waals surface area contributed by atoms with E-state index < -0.39 is 0 Å². The van der Waals surface area contributed by atoms with Crippen LogP contribution in [0.1, 0.15) is 29.6 Å². The number of ether oxygens (including phenoxy) is 2. The zero-order valence-corrected chi connectivity index (χ0v) is 12.1. The van der Waals surface area contributed by atoms with E-state index in [9.17, 15) is 4.79 Å². The normalized spacial score (nSPS) is 19.0. The lowest BCUT2D eigenvalue weighted by Gasteiger charge is -2.17. The van der Waals surface area contributed by atoms with Crippen molar-refractivity contribution in [1.82, 2.24) is 10.6 Å². The van der Waals surface area contributed by atoms with E-state index in [1.54, 1.807) is 32.4 Å². The topological polar surface area (TPSA) is 59.6 Å². The van der Waals surface area contributed by atoms with Gasteiger partial charge in [-0.1, -0.05) is 0 Å². The molecule has 1 aliphatic heterocycles. The maximum absolute atomic E-state index is 12.4. The smallest absolute Gasteiger partial charge is 0.255 e. The molecule has 1 atom stereocenters. The molecule has 1 aromatic carbocycles. The standard InChI is InChI=1S/C15H22N2O3/c1-19-12-5-6-13(14(10-12)20-2)15(18)17-11-4-3-8-16-9-7-11/h5-6,10-11,16H,3-4,7-9H2,1-2H3,(H,17,18). The summed E-state index contributed by atoms with van der Waals surface area (Å²) in [6.07, 6.45) is 3.06. The van der Waals surface area contributed by atoms with Crippen molar-refractivity contribution in [3.05, 3.63) is 23.8 Å². The number of hydrogen-bond acceptors (Lipinski definition) is 4. The number of hydrogen-bond donors (Lipinski definition) is 2. The lowest BCUT2D eigenvalue weighted by Crippen LogP contribution is -2.35. The fraction of sp³-hybridized carbons (Fsp3) is 0.533. The van der Waals surface area contributed by atoms with Crippen LogP contribution in [0.4, 0.5) is 0 Å². The van der Waals surface area contributed by atoms with E-state index in [-0.39, 0.29) is 11.9 Å². The van der Waals surface area contributed by atoms with E-state index in [4.69, 9.17) is 9.47 Å². The van der Waals surface area contributed by atoms with Crippen LogP contribution in [0, 0.1) is 0 Å². The van der Waals surface area contributed by atoms with E-state index in [0.29, 0.717) is 17.1 Å². The second-order valence-electron chi connectivity index (χ2n) is 4.92. The van der Waals surface area contributed by atoms with Gasteiger partial charge in [-0.3, -0.25) is 4.79 Å². The Morgan fingerprint density at radius 1 is 1.25 bits per heavy atom. The Bertz CT molecular complexity index is 454. The largest absolute Gasteiger partial charge is 0.497 e. The Hall–Kier alpha value is -1.75. The highest BCUT2D eigenvalue weighted by Gasteiger charge is 2.18. The van der Waals surface area contributed by atoms with Gasteiger partial charge in [0.1, 0.15) is 11.5 Å². The van der Waals surface area contributed by atoms with E-state index >= 15 is 0 Å². The molecule has 2 rings (SSSR count). The second kappa shape index (κ2) is 7.14. The molecule has 1 saturated heterocycles. The summed E-state index contributed by atoms with van der Waals surface area (Å²) in [6.45, 7) is 1.98. The third-order valence-electron chi connectivity index (χ3n) is 3.56. The van der Waals surface area contributed by atoms with E-state index in [1.807, 2.05) is 0 Å². The predicted octanol–water partition coefficient (Wildman–Crippen LogP) is 1.58. The quantitative estimate of drug-likeness (QED) is 0.878. The summed E-state index contributed by atoms with van der Waals surface area (Å²) in [7, 11) is 3.15. The SMILES string of the molecule is COc1ccc(C(=O)NC2CCCNCC2)c(OC)c1. The fourth-order valence-electron chi connectivity index (χ4n) is 2.41. The van der Waals surface area contributed by atoms with Gasteiger partial charge in [-0.15, -0.1) is 0 Å². The molecule has 0 spiro atoms. The molecule has 1 amide bonds. The van der Waals surface area contributed by atoms with Crippen LogP contribution in [0.2, 0.25) is 0 Å². The lowest BCUT2D eigenvalue weighted by molar-refractivity contribution is 0.0931. The van der Waals surface area contributed by atoms with Crippen molar-refractivity contribution in [1.29, 1.82) is 0 Å². The Morgan fingerprint density at radius 2 is 2.10 bits per heavy atom. The zero-order chi connectivity index (χ0) is 14.4. The van der Waals surface area contributed by atoms with Gasteiger partial charge in [0.15, 0.2) is 0 Å². The Morgan fingerprint density at radius 3 is 2.85 bits per heavy atom. The van der Waals surface area contributed by atoms with Gasteiger partial charge in [-0.25, -0.2) is 0 Å². The monoisotopic (exact) mass is 278 g/mol. The molecular formula is C15H22N2O3. The van der Waals surface area contributed by atoms with Crippen molar-refractivity contribution in [3.8, 4) is 11.5 Å². The van der Waals surface area contributed by atoms with Crippen molar-refractivity contribution in [2.45, 2.75) is 25.3 Å². The molecule has 5 nitrogen and oxygen atoms in total. The number of carbonyl (C=O) groups excluding carboxylic acids is 1. The molecule has 0 aliphatic carbocycles. The molecule has 0 radical (unpaired) electrons. The van der Waals surface area contributed by atoms with E-state index in [1.165, 1.54) is 0 Å². The molecule has 0 aromatic heterocycles. The molecule has 1 aromatic rings. The number of benzene rings is 1. The summed E-state index contributed by atoms with van der Waals surface area (Å²) in [4.78, 5) is 12.4. The molecule has 1 unspecified atom stereocenters. The number of rotatable bonds is 4. The minimum absolute atomic E-state index is 0.0867. The van der Waals surface area contributed by atoms with E-state index in [0.717, 1.165) is 32.4 Å². The van der Waals surface area contributed by atoms with Crippen molar-refractivity contribution in [3.63, 3.8) is 0 Å². The summed E-state index contributed by atoms with van der Waals surface area (Å²) in [5.74, 6) is 1.13. The number of methoxy groups -OCH3 is 2. The van der Waals surface area contributed by atoms with Crippen LogP contribution in [0.25, 0.3) is 0 Å². The summed E-state index contributed by atoms with van der Waals surface area (Å²) in [5, 5.41) is 6.42. The Kier molecular flexibility index (Phi) is 5.24. The number of carbonyl (C=O) groups is 1. The first-order valence-electron chi connectivity index (χ1n) is 6.98. The third kappa shape index (κ3) is 3.63. The molecule has 5 heteroatoms. The molecular weight excluding hydrogens is 256 g/mol. The van der Waals surface area contributed by atoms with Gasteiger partial charge in [0.25, 0.3) is 5.91 Å². The first-order valence-corrected chi connectivity index (χ1v) is 6.98. The summed E-state index contributed by atoms with van der Waals surface area (Å²) in [5.41, 5.74) is 0.547. The number of nitrogens with one attached hydrogen (secondary N) is 2. The highest BCUT2D eigenvalue weighted by Crippen LogP contribution is 2.24. The van der Waals surface area contributed by atoms with Gasteiger partial charge >= 0.3 is 0 Å². The Balaban J connectivity index is 2.07. The molecule has 1 fully saturated rings. The van der Waals surface area contributed by atoms with Crippen LogP contribution in [0.3, 0.4) is 0 Å². The summed E-state index contributed by atoms with van der Waals surface area (Å²) >= 11 is 0. The van der Waals surface area contributed by atoms with Gasteiger partial charge < -0.3 is 20.1 Å². The minimum Gasteiger partial charge on any atom is -0.497 e. The molecule has 2 N–H and O–H groups in total. The van der Waals surface area contributed by atoms with Crippen molar-refractivity contribution >= 4 is 5.91 Å². The summed E-state index contributed by atoms with van der Waals surface area (Å²) in [6, 6.07) is 5.46. The number of amides is 1. The maximum Gasteiger partial charge on any atom is 0.255 e. The zero-order valence-electron chi connectivity index (χ0n) is 12.1. The predicted molar refractivity (Wildman–Crippen MR) is 77.5 cm³/mol. The van der Waals surface area contributed by atoms with Gasteiger partial charge in [0.05, 0.1) is 19.8 Å². The van der Waals surface area contributed by atoms with Gasteiger partial charge in [0, 0.05) is 12.1 Å². The van der Waals surface area contributed by atoms with Crippen LogP contribution in [-0.4, -0.2) is 39.3 Å². The highest BCUT2D eigenvalue weighted by atomic mass is 16.5. The molecule has 1 aliphatic rings. The van der Waals surface area contributed by atoms with Crippen LogP contribution in [-0.2, 0) is 0 Å². The van der Waals surface area contributed by atoms with Gasteiger partial charge in [-0.2, -0.15) is 0 Å². The molecule has 110 valence electrons.